The summed E-state index contributed by atoms with van der Waals surface area (Å²) >= 11 is 0. The largest absolute Gasteiger partial charge is 0.330 e. The fourth-order valence-electron chi connectivity index (χ4n) is 2.68. The molecule has 0 bridgehead atoms. The number of fused-ring (bicyclic) bond motifs is 1. The Labute approximate surface area is 119 Å². The van der Waals surface area contributed by atoms with Crippen molar-refractivity contribution >= 4 is 11.0 Å². The zero-order valence-electron chi connectivity index (χ0n) is 11.7. The van der Waals surface area contributed by atoms with Crippen molar-refractivity contribution in [2.24, 2.45) is 5.73 Å². The molecule has 0 saturated heterocycles. The number of benzene rings is 1. The number of hydrogen-bond donors (Lipinski definition) is 1. The van der Waals surface area contributed by atoms with Gasteiger partial charge in [0.1, 0.15) is 5.65 Å². The van der Waals surface area contributed by atoms with Crippen LogP contribution >= 0.6 is 0 Å². The topological polar surface area (TPSA) is 43.8 Å². The summed E-state index contributed by atoms with van der Waals surface area (Å²) in [5.41, 5.74) is 10.6. The lowest BCUT2D eigenvalue weighted by Crippen LogP contribution is -2.02. The second-order valence-electron chi connectivity index (χ2n) is 5.18. The van der Waals surface area contributed by atoms with Crippen molar-refractivity contribution in [3.63, 3.8) is 0 Å². The molecule has 0 saturated carbocycles. The van der Waals surface area contributed by atoms with Crippen molar-refractivity contribution in [1.82, 2.24) is 9.55 Å². The molecule has 3 rings (SSSR count). The minimum Gasteiger partial charge on any atom is -0.330 e. The normalized spacial score (nSPS) is 11.1. The summed E-state index contributed by atoms with van der Waals surface area (Å²) in [6.45, 7) is 3.63. The number of nitrogens with two attached hydrogens (primary N) is 1. The summed E-state index contributed by atoms with van der Waals surface area (Å²) in [6.07, 6.45) is 4.93. The predicted molar refractivity (Wildman–Crippen MR) is 82.8 cm³/mol. The highest BCUT2D eigenvalue weighted by Crippen LogP contribution is 2.21. The lowest BCUT2D eigenvalue weighted by molar-refractivity contribution is 0.816. The first-order chi connectivity index (χ1) is 9.78. The molecule has 0 amide bonds. The van der Waals surface area contributed by atoms with Gasteiger partial charge in [-0.2, -0.15) is 0 Å². The Morgan fingerprint density at radius 1 is 1.20 bits per heavy atom. The second kappa shape index (κ2) is 5.47. The first-order valence-electron chi connectivity index (χ1n) is 6.96. The van der Waals surface area contributed by atoms with Gasteiger partial charge in [0, 0.05) is 24.3 Å². The lowest BCUT2D eigenvalue weighted by Gasteiger charge is -2.05. The van der Waals surface area contributed by atoms with Crippen molar-refractivity contribution in [2.45, 2.75) is 19.9 Å². The number of pyridine rings is 1. The minimum atomic E-state index is 0.665. The van der Waals surface area contributed by atoms with Gasteiger partial charge in [-0.15, -0.1) is 0 Å². The fraction of sp³-hybridized carbons (Fsp3) is 0.235. The van der Waals surface area contributed by atoms with Crippen LogP contribution in [0.5, 0.6) is 0 Å². The first-order valence-corrected chi connectivity index (χ1v) is 6.96. The predicted octanol–water partition coefficient (Wildman–Crippen LogP) is 2.89. The van der Waals surface area contributed by atoms with Crippen LogP contribution in [0.4, 0.5) is 0 Å². The monoisotopic (exact) mass is 265 g/mol. The van der Waals surface area contributed by atoms with Crippen molar-refractivity contribution in [2.75, 3.05) is 6.54 Å². The zero-order chi connectivity index (χ0) is 13.9. The van der Waals surface area contributed by atoms with Crippen molar-refractivity contribution in [3.8, 4) is 0 Å². The van der Waals surface area contributed by atoms with Crippen LogP contribution < -0.4 is 5.73 Å². The smallest absolute Gasteiger partial charge is 0.140 e. The second-order valence-corrected chi connectivity index (χ2v) is 5.18. The van der Waals surface area contributed by atoms with E-state index in [1.807, 2.05) is 12.3 Å². The van der Waals surface area contributed by atoms with Gasteiger partial charge in [0.05, 0.1) is 0 Å². The molecule has 0 radical (unpaired) electrons. The van der Waals surface area contributed by atoms with Crippen LogP contribution in [0.15, 0.2) is 48.8 Å². The highest BCUT2D eigenvalue weighted by atomic mass is 15.0. The molecule has 102 valence electrons. The van der Waals surface area contributed by atoms with Gasteiger partial charge >= 0.3 is 0 Å². The molecule has 3 heteroatoms. The van der Waals surface area contributed by atoms with Crippen LogP contribution in [0.25, 0.3) is 11.0 Å². The van der Waals surface area contributed by atoms with Gasteiger partial charge in [-0.3, -0.25) is 0 Å². The van der Waals surface area contributed by atoms with E-state index in [1.54, 1.807) is 0 Å². The maximum Gasteiger partial charge on any atom is 0.140 e. The number of hydrogen-bond acceptors (Lipinski definition) is 2. The van der Waals surface area contributed by atoms with E-state index in [4.69, 9.17) is 5.73 Å². The average molecular weight is 265 g/mol. The third kappa shape index (κ3) is 2.45. The quantitative estimate of drug-likeness (QED) is 0.788. The summed E-state index contributed by atoms with van der Waals surface area (Å²) in [6, 6.07) is 12.7. The van der Waals surface area contributed by atoms with Crippen LogP contribution in [0.3, 0.4) is 0 Å². The molecule has 2 aromatic heterocycles. The van der Waals surface area contributed by atoms with Gasteiger partial charge in [0.25, 0.3) is 0 Å². The van der Waals surface area contributed by atoms with E-state index in [9.17, 15) is 0 Å². The van der Waals surface area contributed by atoms with Gasteiger partial charge in [-0.1, -0.05) is 29.8 Å². The molecule has 0 aliphatic heterocycles. The van der Waals surface area contributed by atoms with Gasteiger partial charge in [-0.25, -0.2) is 4.98 Å². The van der Waals surface area contributed by atoms with Crippen LogP contribution in [-0.2, 0) is 13.0 Å². The fourth-order valence-corrected chi connectivity index (χ4v) is 2.68. The van der Waals surface area contributed by atoms with Gasteiger partial charge in [0.15, 0.2) is 0 Å². The van der Waals surface area contributed by atoms with Crippen molar-refractivity contribution in [3.05, 3.63) is 65.5 Å². The Morgan fingerprint density at radius 3 is 2.90 bits per heavy atom. The van der Waals surface area contributed by atoms with Gasteiger partial charge < -0.3 is 10.3 Å². The third-order valence-electron chi connectivity index (χ3n) is 3.57. The Balaban J connectivity index is 2.03. The Morgan fingerprint density at radius 2 is 2.10 bits per heavy atom. The Hall–Kier alpha value is -2.13. The number of nitrogens with zero attached hydrogens (tertiary/aromatic N) is 2. The van der Waals surface area contributed by atoms with Gasteiger partial charge in [0.2, 0.25) is 0 Å². The summed E-state index contributed by atoms with van der Waals surface area (Å²) in [5, 5.41) is 1.21. The molecule has 0 aliphatic rings. The summed E-state index contributed by atoms with van der Waals surface area (Å²) in [5.74, 6) is 0. The van der Waals surface area contributed by atoms with Gasteiger partial charge in [-0.05, 0) is 43.1 Å². The third-order valence-corrected chi connectivity index (χ3v) is 3.57. The Kier molecular flexibility index (Phi) is 3.52. The molecule has 2 heterocycles. The van der Waals surface area contributed by atoms with E-state index in [1.165, 1.54) is 22.1 Å². The number of aromatic nitrogens is 2. The summed E-state index contributed by atoms with van der Waals surface area (Å²) in [4.78, 5) is 4.52. The molecule has 0 spiro atoms. The van der Waals surface area contributed by atoms with Crippen LogP contribution in [0, 0.1) is 6.92 Å². The number of aryl methyl sites for hydroxylation is 1. The van der Waals surface area contributed by atoms with E-state index in [2.05, 4.69) is 53.0 Å². The van der Waals surface area contributed by atoms with Crippen LogP contribution in [-0.4, -0.2) is 16.1 Å². The lowest BCUT2D eigenvalue weighted by atomic mass is 10.1. The molecule has 0 fully saturated rings. The van der Waals surface area contributed by atoms with Crippen molar-refractivity contribution in [1.29, 1.82) is 0 Å². The molecule has 1 aromatic carbocycles. The maximum atomic E-state index is 5.70. The molecule has 0 atom stereocenters. The van der Waals surface area contributed by atoms with Crippen molar-refractivity contribution < 1.29 is 0 Å². The molecule has 0 unspecified atom stereocenters. The molecule has 3 aromatic rings. The highest BCUT2D eigenvalue weighted by Gasteiger charge is 2.09. The van der Waals surface area contributed by atoms with E-state index in [-0.39, 0.29) is 0 Å². The highest BCUT2D eigenvalue weighted by molar-refractivity contribution is 5.80. The standard InChI is InChI=1S/C17H19N3/c1-13-4-2-5-14(10-13)11-20-12-15(7-8-18)16-6-3-9-19-17(16)20/h2-6,9-10,12H,7-8,11,18H2,1H3. The molecular weight excluding hydrogens is 246 g/mol. The minimum absolute atomic E-state index is 0.665. The maximum absolute atomic E-state index is 5.70. The van der Waals surface area contributed by atoms with E-state index in [0.717, 1.165) is 18.6 Å². The zero-order valence-corrected chi connectivity index (χ0v) is 11.7. The molecule has 0 aliphatic carbocycles. The SMILES string of the molecule is Cc1cccc(Cn2cc(CCN)c3cccnc32)c1. The van der Waals surface area contributed by atoms with Crippen LogP contribution in [0.2, 0.25) is 0 Å². The summed E-state index contributed by atoms with van der Waals surface area (Å²) < 4.78 is 2.22. The van der Waals surface area contributed by atoms with E-state index < -0.39 is 0 Å². The molecule has 20 heavy (non-hydrogen) atoms. The average Bonchev–Trinajstić information content (AvgIpc) is 2.78. The van der Waals surface area contributed by atoms with E-state index in [0.29, 0.717) is 6.54 Å². The van der Waals surface area contributed by atoms with E-state index >= 15 is 0 Å². The summed E-state index contributed by atoms with van der Waals surface area (Å²) in [7, 11) is 0. The molecular formula is C17H19N3. The van der Waals surface area contributed by atoms with Crippen LogP contribution in [0.1, 0.15) is 16.7 Å². The number of rotatable bonds is 4. The first kappa shape index (κ1) is 12.9. The molecule has 3 nitrogen and oxygen atoms in total. The Bertz CT molecular complexity index is 728. The molecule has 2 N–H and O–H groups in total.